The van der Waals surface area contributed by atoms with E-state index in [1.807, 2.05) is 0 Å². The standard InChI is InChI=1S/C17H18/c1-3-9-17(15-11-5-4-6-12-15)16-13-8-7-10-14(16)2/h3-13,17H,1-2H3. The number of aryl methyl sites for hydroxylation is 1. The molecule has 0 aliphatic rings. The Morgan fingerprint density at radius 2 is 1.53 bits per heavy atom. The van der Waals surface area contributed by atoms with Gasteiger partial charge in [0, 0.05) is 5.92 Å². The van der Waals surface area contributed by atoms with Gasteiger partial charge in [0.1, 0.15) is 0 Å². The molecule has 0 aliphatic heterocycles. The molecule has 0 heteroatoms. The van der Waals surface area contributed by atoms with Gasteiger partial charge in [0.2, 0.25) is 0 Å². The molecule has 0 fully saturated rings. The van der Waals surface area contributed by atoms with E-state index in [-0.39, 0.29) is 0 Å². The molecule has 2 aromatic rings. The normalized spacial score (nSPS) is 12.8. The van der Waals surface area contributed by atoms with Crippen molar-refractivity contribution in [3.8, 4) is 0 Å². The van der Waals surface area contributed by atoms with Gasteiger partial charge in [-0.1, -0.05) is 66.7 Å². The first kappa shape index (κ1) is 11.7. The molecule has 0 heterocycles. The van der Waals surface area contributed by atoms with Crippen LogP contribution in [0.5, 0.6) is 0 Å². The molecule has 0 bridgehead atoms. The second-order valence-corrected chi connectivity index (χ2v) is 4.27. The first-order valence-corrected chi connectivity index (χ1v) is 6.06. The van der Waals surface area contributed by atoms with Crippen molar-refractivity contribution in [2.24, 2.45) is 0 Å². The summed E-state index contributed by atoms with van der Waals surface area (Å²) in [6.45, 7) is 4.25. The summed E-state index contributed by atoms with van der Waals surface area (Å²) in [4.78, 5) is 0. The van der Waals surface area contributed by atoms with Gasteiger partial charge in [0.25, 0.3) is 0 Å². The fourth-order valence-electron chi connectivity index (χ4n) is 2.18. The van der Waals surface area contributed by atoms with E-state index >= 15 is 0 Å². The van der Waals surface area contributed by atoms with Gasteiger partial charge in [-0.05, 0) is 30.5 Å². The lowest BCUT2D eigenvalue weighted by Crippen LogP contribution is -1.99. The van der Waals surface area contributed by atoms with Crippen LogP contribution < -0.4 is 0 Å². The summed E-state index contributed by atoms with van der Waals surface area (Å²) in [6.07, 6.45) is 4.39. The molecule has 2 rings (SSSR count). The molecule has 2 aromatic carbocycles. The molecule has 0 aromatic heterocycles. The van der Waals surface area contributed by atoms with E-state index in [9.17, 15) is 0 Å². The summed E-state index contributed by atoms with van der Waals surface area (Å²) in [5.74, 6) is 0.363. The fourth-order valence-corrected chi connectivity index (χ4v) is 2.18. The van der Waals surface area contributed by atoms with Crippen molar-refractivity contribution in [2.45, 2.75) is 19.8 Å². The first-order chi connectivity index (χ1) is 8.33. The monoisotopic (exact) mass is 222 g/mol. The maximum atomic E-state index is 2.26. The van der Waals surface area contributed by atoms with Gasteiger partial charge in [-0.2, -0.15) is 0 Å². The lowest BCUT2D eigenvalue weighted by atomic mass is 9.88. The van der Waals surface area contributed by atoms with Crippen LogP contribution in [0.2, 0.25) is 0 Å². The van der Waals surface area contributed by atoms with Crippen LogP contribution in [0.1, 0.15) is 29.5 Å². The van der Waals surface area contributed by atoms with Gasteiger partial charge in [-0.25, -0.2) is 0 Å². The van der Waals surface area contributed by atoms with Crippen LogP contribution >= 0.6 is 0 Å². The van der Waals surface area contributed by atoms with E-state index in [0.717, 1.165) is 0 Å². The maximum Gasteiger partial charge on any atom is 0.0272 e. The predicted octanol–water partition coefficient (Wildman–Crippen LogP) is 4.70. The van der Waals surface area contributed by atoms with Crippen molar-refractivity contribution >= 4 is 0 Å². The minimum atomic E-state index is 0.363. The number of allylic oxidation sites excluding steroid dienone is 2. The van der Waals surface area contributed by atoms with E-state index in [4.69, 9.17) is 0 Å². The number of hydrogen-bond donors (Lipinski definition) is 0. The highest BCUT2D eigenvalue weighted by atomic mass is 14.2. The minimum absolute atomic E-state index is 0.363. The van der Waals surface area contributed by atoms with Crippen LogP contribution in [-0.2, 0) is 0 Å². The Bertz CT molecular complexity index is 494. The van der Waals surface area contributed by atoms with Crippen molar-refractivity contribution in [1.29, 1.82) is 0 Å². The Labute approximate surface area is 104 Å². The molecule has 0 N–H and O–H groups in total. The molecule has 0 aliphatic carbocycles. The average Bonchev–Trinajstić information content (AvgIpc) is 2.38. The van der Waals surface area contributed by atoms with Crippen molar-refractivity contribution in [1.82, 2.24) is 0 Å². The largest absolute Gasteiger partial charge is 0.0907 e. The fraction of sp³-hybridized carbons (Fsp3) is 0.176. The van der Waals surface area contributed by atoms with Crippen molar-refractivity contribution in [2.75, 3.05) is 0 Å². The van der Waals surface area contributed by atoms with E-state index in [2.05, 4.69) is 80.6 Å². The highest BCUT2D eigenvalue weighted by molar-refractivity contribution is 5.40. The van der Waals surface area contributed by atoms with E-state index < -0.39 is 0 Å². The minimum Gasteiger partial charge on any atom is -0.0907 e. The van der Waals surface area contributed by atoms with E-state index in [0.29, 0.717) is 5.92 Å². The second kappa shape index (κ2) is 5.49. The molecular weight excluding hydrogens is 204 g/mol. The van der Waals surface area contributed by atoms with Crippen LogP contribution in [0.25, 0.3) is 0 Å². The zero-order chi connectivity index (χ0) is 12.1. The Kier molecular flexibility index (Phi) is 3.77. The van der Waals surface area contributed by atoms with Crippen LogP contribution in [0.4, 0.5) is 0 Å². The molecule has 86 valence electrons. The second-order valence-electron chi connectivity index (χ2n) is 4.27. The van der Waals surface area contributed by atoms with E-state index in [1.165, 1.54) is 16.7 Å². The van der Waals surface area contributed by atoms with Gasteiger partial charge >= 0.3 is 0 Å². The number of rotatable bonds is 3. The van der Waals surface area contributed by atoms with Crippen LogP contribution in [0.3, 0.4) is 0 Å². The summed E-state index contributed by atoms with van der Waals surface area (Å²) in [7, 11) is 0. The molecule has 0 saturated heterocycles. The number of benzene rings is 2. The summed E-state index contributed by atoms with van der Waals surface area (Å²) in [5, 5.41) is 0. The third-order valence-corrected chi connectivity index (χ3v) is 3.07. The third kappa shape index (κ3) is 2.65. The van der Waals surface area contributed by atoms with Crippen molar-refractivity contribution in [3.63, 3.8) is 0 Å². The highest BCUT2D eigenvalue weighted by Gasteiger charge is 2.11. The summed E-state index contributed by atoms with van der Waals surface area (Å²) >= 11 is 0. The van der Waals surface area contributed by atoms with Gasteiger partial charge in [-0.15, -0.1) is 0 Å². The SMILES string of the molecule is CC=CC(c1ccccc1)c1ccccc1C. The van der Waals surface area contributed by atoms with E-state index in [1.54, 1.807) is 0 Å². The topological polar surface area (TPSA) is 0 Å². The number of hydrogen-bond acceptors (Lipinski definition) is 0. The van der Waals surface area contributed by atoms with Crippen LogP contribution in [0, 0.1) is 6.92 Å². The molecular formula is C17H18. The third-order valence-electron chi connectivity index (χ3n) is 3.07. The predicted molar refractivity (Wildman–Crippen MR) is 74.3 cm³/mol. The molecule has 0 saturated carbocycles. The van der Waals surface area contributed by atoms with Gasteiger partial charge < -0.3 is 0 Å². The first-order valence-electron chi connectivity index (χ1n) is 6.06. The summed E-state index contributed by atoms with van der Waals surface area (Å²) in [5.41, 5.74) is 4.08. The van der Waals surface area contributed by atoms with Gasteiger partial charge in [-0.3, -0.25) is 0 Å². The van der Waals surface area contributed by atoms with Crippen molar-refractivity contribution < 1.29 is 0 Å². The van der Waals surface area contributed by atoms with Gasteiger partial charge in [0.05, 0.1) is 0 Å². The zero-order valence-electron chi connectivity index (χ0n) is 10.4. The molecule has 0 radical (unpaired) electrons. The Balaban J connectivity index is 2.47. The Hall–Kier alpha value is -1.82. The quantitative estimate of drug-likeness (QED) is 0.660. The molecule has 0 nitrogen and oxygen atoms in total. The van der Waals surface area contributed by atoms with Crippen molar-refractivity contribution in [3.05, 3.63) is 83.4 Å². The maximum absolute atomic E-state index is 2.26. The Morgan fingerprint density at radius 3 is 2.18 bits per heavy atom. The van der Waals surface area contributed by atoms with Crippen LogP contribution in [-0.4, -0.2) is 0 Å². The summed E-state index contributed by atoms with van der Waals surface area (Å²) < 4.78 is 0. The lowest BCUT2D eigenvalue weighted by Gasteiger charge is -2.16. The Morgan fingerprint density at radius 1 is 0.882 bits per heavy atom. The molecule has 1 unspecified atom stereocenters. The van der Waals surface area contributed by atoms with Gasteiger partial charge in [0.15, 0.2) is 0 Å². The average molecular weight is 222 g/mol. The molecule has 0 amide bonds. The lowest BCUT2D eigenvalue weighted by molar-refractivity contribution is 1.00. The van der Waals surface area contributed by atoms with Crippen LogP contribution in [0.15, 0.2) is 66.7 Å². The molecule has 1 atom stereocenters. The molecule has 17 heavy (non-hydrogen) atoms. The molecule has 0 spiro atoms. The zero-order valence-corrected chi connectivity index (χ0v) is 10.4. The smallest absolute Gasteiger partial charge is 0.0272 e. The summed E-state index contributed by atoms with van der Waals surface area (Å²) in [6, 6.07) is 19.2. The highest BCUT2D eigenvalue weighted by Crippen LogP contribution is 2.28.